The molecule has 8 nitrogen and oxygen atoms in total. The monoisotopic (exact) mass is 674 g/mol. The highest BCUT2D eigenvalue weighted by molar-refractivity contribution is 7.47. The SMILES string of the molecule is CCCCCCCCC=CCCCCCCC=COC[C@H](COP(=O)(O)OCCN)OC(=O)CCCCCCCCCCCCC. The number of phosphoric acid groups is 1. The van der Waals surface area contributed by atoms with Crippen LogP contribution >= 0.6 is 7.82 Å². The lowest BCUT2D eigenvalue weighted by atomic mass is 10.1. The van der Waals surface area contributed by atoms with Crippen LogP contribution in [0.25, 0.3) is 0 Å². The molecule has 0 aromatic rings. The number of unbranched alkanes of at least 4 members (excludes halogenated alkanes) is 21. The standard InChI is InChI=1S/C37H72NO7P/c1-3-5-7-9-11-13-15-16-17-18-19-21-23-25-27-29-32-42-34-36(35-44-46(40,41)43-33-31-38)45-37(39)30-28-26-24-22-20-14-12-10-8-6-4-2/h16-17,29,32,36H,3-15,18-28,30-31,33-35,38H2,1-2H3,(H,40,41)/t36-/m1/s1. The normalized spacial score (nSPS) is 13.8. The molecule has 0 bridgehead atoms. The molecule has 0 amide bonds. The summed E-state index contributed by atoms with van der Waals surface area (Å²) in [5.74, 6) is -0.356. The maximum Gasteiger partial charge on any atom is 0.472 e. The number of ether oxygens (including phenoxy) is 2. The van der Waals surface area contributed by atoms with Crippen LogP contribution < -0.4 is 5.73 Å². The number of allylic oxidation sites excluding steroid dienone is 3. The van der Waals surface area contributed by atoms with E-state index >= 15 is 0 Å². The summed E-state index contributed by atoms with van der Waals surface area (Å²) in [7, 11) is -4.28. The van der Waals surface area contributed by atoms with Crippen LogP contribution in [0.4, 0.5) is 0 Å². The predicted molar refractivity (Wildman–Crippen MR) is 192 cm³/mol. The number of hydrogen-bond acceptors (Lipinski definition) is 7. The van der Waals surface area contributed by atoms with E-state index in [0.717, 1.165) is 38.5 Å². The summed E-state index contributed by atoms with van der Waals surface area (Å²) >= 11 is 0. The number of nitrogens with two attached hydrogens (primary N) is 1. The van der Waals surface area contributed by atoms with Crippen LogP contribution in [0, 0.1) is 0 Å². The van der Waals surface area contributed by atoms with Gasteiger partial charge in [-0.05, 0) is 51.0 Å². The van der Waals surface area contributed by atoms with Crippen molar-refractivity contribution < 1.29 is 32.8 Å². The summed E-state index contributed by atoms with van der Waals surface area (Å²) in [6.45, 7) is 4.21. The molecule has 0 aliphatic heterocycles. The molecule has 0 saturated heterocycles. The van der Waals surface area contributed by atoms with E-state index in [-0.39, 0.29) is 32.3 Å². The molecule has 0 aliphatic carbocycles. The van der Waals surface area contributed by atoms with E-state index in [9.17, 15) is 14.3 Å². The second-order valence-corrected chi connectivity index (χ2v) is 14.0. The Balaban J connectivity index is 4.15. The van der Waals surface area contributed by atoms with Crippen LogP contribution in [0.3, 0.4) is 0 Å². The van der Waals surface area contributed by atoms with E-state index in [1.165, 1.54) is 116 Å². The number of carbonyl (C=O) groups is 1. The number of phosphoric ester groups is 1. The van der Waals surface area contributed by atoms with Crippen LogP contribution in [0.15, 0.2) is 24.5 Å². The smallest absolute Gasteiger partial charge is 0.472 e. The number of esters is 1. The molecular formula is C37H72NO7P. The Morgan fingerprint density at radius 1 is 0.652 bits per heavy atom. The predicted octanol–water partition coefficient (Wildman–Crippen LogP) is 10.9. The van der Waals surface area contributed by atoms with Gasteiger partial charge >= 0.3 is 13.8 Å². The van der Waals surface area contributed by atoms with Gasteiger partial charge in [0.15, 0.2) is 6.10 Å². The first-order valence-electron chi connectivity index (χ1n) is 18.9. The first-order valence-corrected chi connectivity index (χ1v) is 20.4. The molecule has 272 valence electrons. The third kappa shape index (κ3) is 34.2. The first-order chi connectivity index (χ1) is 22.4. The maximum atomic E-state index is 12.5. The van der Waals surface area contributed by atoms with Gasteiger partial charge in [-0.1, -0.05) is 135 Å². The second-order valence-electron chi connectivity index (χ2n) is 12.5. The molecule has 0 saturated carbocycles. The molecule has 0 radical (unpaired) electrons. The van der Waals surface area contributed by atoms with Crippen molar-refractivity contribution in [2.75, 3.05) is 26.4 Å². The van der Waals surface area contributed by atoms with Crippen LogP contribution in [0.1, 0.15) is 174 Å². The molecule has 0 rings (SSSR count). The lowest BCUT2D eigenvalue weighted by molar-refractivity contribution is -0.153. The molecule has 0 aromatic heterocycles. The van der Waals surface area contributed by atoms with E-state index in [1.54, 1.807) is 6.26 Å². The van der Waals surface area contributed by atoms with Gasteiger partial charge in [-0.2, -0.15) is 0 Å². The van der Waals surface area contributed by atoms with Crippen LogP contribution in [-0.2, 0) is 27.9 Å². The number of rotatable bonds is 36. The van der Waals surface area contributed by atoms with E-state index < -0.39 is 13.9 Å². The molecule has 9 heteroatoms. The van der Waals surface area contributed by atoms with E-state index in [0.29, 0.717) is 6.42 Å². The topological polar surface area (TPSA) is 117 Å². The van der Waals surface area contributed by atoms with Crippen molar-refractivity contribution in [1.29, 1.82) is 0 Å². The van der Waals surface area contributed by atoms with Crippen molar-refractivity contribution in [3.63, 3.8) is 0 Å². The minimum atomic E-state index is -4.28. The molecular weight excluding hydrogens is 601 g/mol. The fourth-order valence-electron chi connectivity index (χ4n) is 5.13. The van der Waals surface area contributed by atoms with Gasteiger partial charge in [-0.25, -0.2) is 4.57 Å². The third-order valence-electron chi connectivity index (χ3n) is 7.94. The van der Waals surface area contributed by atoms with Gasteiger partial charge in [-0.3, -0.25) is 13.8 Å². The van der Waals surface area contributed by atoms with Crippen molar-refractivity contribution in [2.45, 2.75) is 180 Å². The molecule has 0 spiro atoms. The third-order valence-corrected chi connectivity index (χ3v) is 8.92. The summed E-state index contributed by atoms with van der Waals surface area (Å²) in [6, 6.07) is 0. The largest absolute Gasteiger partial charge is 0.498 e. The second kappa shape index (κ2) is 35.1. The highest BCUT2D eigenvalue weighted by atomic mass is 31.2. The highest BCUT2D eigenvalue weighted by Crippen LogP contribution is 2.43. The molecule has 3 N–H and O–H groups in total. The Morgan fingerprint density at radius 2 is 1.11 bits per heavy atom. The zero-order valence-electron chi connectivity index (χ0n) is 29.8. The number of carbonyl (C=O) groups excluding carboxylic acids is 1. The van der Waals surface area contributed by atoms with Crippen molar-refractivity contribution in [3.05, 3.63) is 24.5 Å². The molecule has 0 heterocycles. The Bertz CT molecular complexity index is 762. The van der Waals surface area contributed by atoms with Crippen molar-refractivity contribution >= 4 is 13.8 Å². The molecule has 1 unspecified atom stereocenters. The van der Waals surface area contributed by atoms with E-state index in [1.807, 2.05) is 6.08 Å². The summed E-state index contributed by atoms with van der Waals surface area (Å²) in [6.07, 6.45) is 37.1. The van der Waals surface area contributed by atoms with Crippen LogP contribution in [-0.4, -0.2) is 43.3 Å². The van der Waals surface area contributed by atoms with Gasteiger partial charge in [0.25, 0.3) is 0 Å². The Morgan fingerprint density at radius 3 is 1.61 bits per heavy atom. The van der Waals surface area contributed by atoms with Gasteiger partial charge in [0, 0.05) is 13.0 Å². The fraction of sp³-hybridized carbons (Fsp3) is 0.865. The van der Waals surface area contributed by atoms with Crippen molar-refractivity contribution in [2.24, 2.45) is 5.73 Å². The molecule has 0 aromatic carbocycles. The summed E-state index contributed by atoms with van der Waals surface area (Å²) < 4.78 is 33.0. The summed E-state index contributed by atoms with van der Waals surface area (Å²) in [4.78, 5) is 22.3. The van der Waals surface area contributed by atoms with Crippen LogP contribution in [0.5, 0.6) is 0 Å². The zero-order chi connectivity index (χ0) is 33.8. The first kappa shape index (κ1) is 44.8. The van der Waals surface area contributed by atoms with Crippen molar-refractivity contribution in [3.8, 4) is 0 Å². The lowest BCUT2D eigenvalue weighted by Crippen LogP contribution is -2.27. The quantitative estimate of drug-likeness (QED) is 0.0222. The average Bonchev–Trinajstić information content (AvgIpc) is 3.04. The molecule has 0 fully saturated rings. The zero-order valence-corrected chi connectivity index (χ0v) is 30.7. The fourth-order valence-corrected chi connectivity index (χ4v) is 5.90. The van der Waals surface area contributed by atoms with Gasteiger partial charge in [0.2, 0.25) is 0 Å². The minimum Gasteiger partial charge on any atom is -0.498 e. The number of hydrogen-bond donors (Lipinski definition) is 2. The molecule has 2 atom stereocenters. The summed E-state index contributed by atoms with van der Waals surface area (Å²) in [5, 5.41) is 0. The van der Waals surface area contributed by atoms with Gasteiger partial charge in [0.05, 0.1) is 19.5 Å². The van der Waals surface area contributed by atoms with Gasteiger partial charge in [0.1, 0.15) is 6.61 Å². The van der Waals surface area contributed by atoms with E-state index in [4.69, 9.17) is 24.3 Å². The molecule has 0 aliphatic rings. The van der Waals surface area contributed by atoms with Gasteiger partial charge < -0.3 is 20.1 Å². The van der Waals surface area contributed by atoms with Gasteiger partial charge in [-0.15, -0.1) is 0 Å². The lowest BCUT2D eigenvalue weighted by Gasteiger charge is -2.19. The Labute approximate surface area is 283 Å². The summed E-state index contributed by atoms with van der Waals surface area (Å²) in [5.41, 5.74) is 5.34. The van der Waals surface area contributed by atoms with Crippen molar-refractivity contribution in [1.82, 2.24) is 0 Å². The minimum absolute atomic E-state index is 0.0302. The van der Waals surface area contributed by atoms with E-state index in [2.05, 4.69) is 26.0 Å². The average molecular weight is 674 g/mol. The highest BCUT2D eigenvalue weighted by Gasteiger charge is 2.25. The molecule has 46 heavy (non-hydrogen) atoms. The Kier molecular flexibility index (Phi) is 34.2. The Hall–Kier alpha value is -1.18. The maximum absolute atomic E-state index is 12.5. The van der Waals surface area contributed by atoms with Crippen LogP contribution in [0.2, 0.25) is 0 Å².